The Morgan fingerprint density at radius 2 is 1.94 bits per heavy atom. The second-order valence-corrected chi connectivity index (χ2v) is 9.59. The molecule has 7 nitrogen and oxygen atoms in total. The Morgan fingerprint density at radius 1 is 1.18 bits per heavy atom. The van der Waals surface area contributed by atoms with Crippen LogP contribution in [-0.2, 0) is 38.6 Å². The normalized spacial score (nSPS) is 17.6. The molecule has 1 aliphatic heterocycles. The fraction of sp³-hybridized carbons (Fsp3) is 0.440. The van der Waals surface area contributed by atoms with Gasteiger partial charge in [0.2, 0.25) is 5.78 Å². The third kappa shape index (κ3) is 6.99. The summed E-state index contributed by atoms with van der Waals surface area (Å²) in [7, 11) is 0. The number of nitrogens with one attached hydrogen (secondary N) is 2. The van der Waals surface area contributed by atoms with Crippen molar-refractivity contribution in [3.05, 3.63) is 57.8 Å². The van der Waals surface area contributed by atoms with Gasteiger partial charge in [-0.15, -0.1) is 11.3 Å². The van der Waals surface area contributed by atoms with E-state index in [0.29, 0.717) is 13.0 Å². The highest BCUT2D eigenvalue weighted by atomic mass is 32.1. The van der Waals surface area contributed by atoms with Crippen molar-refractivity contribution < 1.29 is 23.9 Å². The zero-order valence-electron chi connectivity index (χ0n) is 19.0. The van der Waals surface area contributed by atoms with Crippen LogP contribution in [-0.4, -0.2) is 36.2 Å². The summed E-state index contributed by atoms with van der Waals surface area (Å²) in [6.45, 7) is 4.15. The Hall–Kier alpha value is -3.00. The average molecular weight is 471 g/mol. The molecule has 2 heterocycles. The van der Waals surface area contributed by atoms with E-state index >= 15 is 0 Å². The monoisotopic (exact) mass is 470 g/mol. The summed E-state index contributed by atoms with van der Waals surface area (Å²) in [5.74, 6) is -2.50. The van der Waals surface area contributed by atoms with Crippen molar-refractivity contribution in [1.29, 1.82) is 0 Å². The van der Waals surface area contributed by atoms with Crippen molar-refractivity contribution in [2.75, 3.05) is 6.54 Å². The van der Waals surface area contributed by atoms with E-state index in [1.165, 1.54) is 4.88 Å². The van der Waals surface area contributed by atoms with Gasteiger partial charge in [0.05, 0.1) is 6.04 Å². The number of rotatable bonds is 7. The first kappa shape index (κ1) is 24.6. The molecule has 2 N–H and O–H groups in total. The van der Waals surface area contributed by atoms with Crippen LogP contribution in [0.4, 0.5) is 4.79 Å². The number of ketones is 2. The van der Waals surface area contributed by atoms with Crippen molar-refractivity contribution in [3.63, 3.8) is 0 Å². The molecule has 1 aliphatic rings. The Labute approximate surface area is 197 Å². The SMILES string of the molecule is CC(C)C(NC(=O)OCc1ccccc1)C(=O)CC1Cc2ccsc2CCCNC(=O)C1=O. The third-order valence-electron chi connectivity index (χ3n) is 5.71. The molecule has 0 spiro atoms. The summed E-state index contributed by atoms with van der Waals surface area (Å²) in [5.41, 5.74) is 1.85. The van der Waals surface area contributed by atoms with Gasteiger partial charge < -0.3 is 15.4 Å². The van der Waals surface area contributed by atoms with E-state index in [9.17, 15) is 19.2 Å². The van der Waals surface area contributed by atoms with E-state index in [-0.39, 0.29) is 24.7 Å². The molecular formula is C25H30N2O5S. The van der Waals surface area contributed by atoms with Crippen LogP contribution in [0.3, 0.4) is 0 Å². The van der Waals surface area contributed by atoms with Crippen LogP contribution in [0.15, 0.2) is 41.8 Å². The van der Waals surface area contributed by atoms with Crippen LogP contribution < -0.4 is 10.6 Å². The molecule has 2 aromatic rings. The van der Waals surface area contributed by atoms with Gasteiger partial charge in [0.1, 0.15) is 6.61 Å². The highest BCUT2D eigenvalue weighted by molar-refractivity contribution is 7.10. The van der Waals surface area contributed by atoms with Gasteiger partial charge in [-0.2, -0.15) is 0 Å². The van der Waals surface area contributed by atoms with E-state index < -0.39 is 29.7 Å². The van der Waals surface area contributed by atoms with Gasteiger partial charge in [-0.25, -0.2) is 4.79 Å². The number of carbonyl (C=O) groups excluding carboxylic acids is 4. The quantitative estimate of drug-likeness (QED) is 0.604. The minimum absolute atomic E-state index is 0.0912. The van der Waals surface area contributed by atoms with Gasteiger partial charge in [-0.3, -0.25) is 14.4 Å². The van der Waals surface area contributed by atoms with Crippen LogP contribution in [0, 0.1) is 11.8 Å². The standard InChI is InChI=1S/C25H30N2O5S/c1-16(2)22(27-25(31)32-15-17-7-4-3-5-8-17)20(28)14-19-13-18-10-12-33-21(18)9-6-11-26-24(30)23(19)29/h3-5,7-8,10,12,16,19,22H,6,9,11,13-15H2,1-2H3,(H,26,30)(H,27,31). The molecule has 3 rings (SSSR count). The van der Waals surface area contributed by atoms with Gasteiger partial charge >= 0.3 is 6.09 Å². The lowest BCUT2D eigenvalue weighted by atomic mass is 9.86. The zero-order valence-corrected chi connectivity index (χ0v) is 19.8. The number of alkyl carbamates (subject to hydrolysis) is 1. The fourth-order valence-corrected chi connectivity index (χ4v) is 4.86. The van der Waals surface area contributed by atoms with E-state index in [4.69, 9.17) is 4.74 Å². The summed E-state index contributed by atoms with van der Waals surface area (Å²) < 4.78 is 5.26. The smallest absolute Gasteiger partial charge is 0.408 e. The minimum Gasteiger partial charge on any atom is -0.445 e. The molecule has 2 amide bonds. The Morgan fingerprint density at radius 3 is 2.67 bits per heavy atom. The van der Waals surface area contributed by atoms with Crippen LogP contribution in [0.5, 0.6) is 0 Å². The average Bonchev–Trinajstić information content (AvgIpc) is 3.24. The second-order valence-electron chi connectivity index (χ2n) is 8.59. The van der Waals surface area contributed by atoms with Crippen LogP contribution in [0.1, 0.15) is 42.7 Å². The van der Waals surface area contributed by atoms with Crippen molar-refractivity contribution in [1.82, 2.24) is 10.6 Å². The summed E-state index contributed by atoms with van der Waals surface area (Å²) in [6.07, 6.45) is 1.11. The van der Waals surface area contributed by atoms with Gasteiger partial charge in [0.15, 0.2) is 5.78 Å². The number of amides is 2. The highest BCUT2D eigenvalue weighted by Gasteiger charge is 2.33. The molecule has 0 aliphatic carbocycles. The van der Waals surface area contributed by atoms with E-state index in [1.54, 1.807) is 11.3 Å². The van der Waals surface area contributed by atoms with Crippen LogP contribution in [0.25, 0.3) is 0 Å². The van der Waals surface area contributed by atoms with Crippen molar-refractivity contribution >= 4 is 34.9 Å². The molecule has 2 atom stereocenters. The first-order valence-electron chi connectivity index (χ1n) is 11.2. The molecule has 0 bridgehead atoms. The van der Waals surface area contributed by atoms with Gasteiger partial charge in [-0.1, -0.05) is 44.2 Å². The third-order valence-corrected chi connectivity index (χ3v) is 6.73. The molecular weight excluding hydrogens is 440 g/mol. The number of carbonyl (C=O) groups is 4. The molecule has 0 saturated carbocycles. The number of hydrogen-bond donors (Lipinski definition) is 2. The molecule has 8 heteroatoms. The van der Waals surface area contributed by atoms with E-state index in [1.807, 2.05) is 55.6 Å². The number of benzene rings is 1. The summed E-state index contributed by atoms with van der Waals surface area (Å²) >= 11 is 1.63. The lowest BCUT2D eigenvalue weighted by Gasteiger charge is -2.24. The second kappa shape index (κ2) is 11.7. The van der Waals surface area contributed by atoms with E-state index in [2.05, 4.69) is 10.6 Å². The van der Waals surface area contributed by atoms with Gasteiger partial charge in [-0.05, 0) is 47.8 Å². The Kier molecular flexibility index (Phi) is 8.77. The van der Waals surface area contributed by atoms with E-state index in [0.717, 1.165) is 24.0 Å². The first-order chi connectivity index (χ1) is 15.8. The lowest BCUT2D eigenvalue weighted by Crippen LogP contribution is -2.46. The molecule has 0 radical (unpaired) electrons. The fourth-order valence-electron chi connectivity index (χ4n) is 3.90. The summed E-state index contributed by atoms with van der Waals surface area (Å²) in [6, 6.07) is 10.4. The largest absolute Gasteiger partial charge is 0.445 e. The number of ether oxygens (including phenoxy) is 1. The number of fused-ring (bicyclic) bond motifs is 1. The highest BCUT2D eigenvalue weighted by Crippen LogP contribution is 2.25. The number of aryl methyl sites for hydroxylation is 1. The summed E-state index contributed by atoms with van der Waals surface area (Å²) in [5, 5.41) is 7.28. The minimum atomic E-state index is -0.818. The van der Waals surface area contributed by atoms with Crippen LogP contribution in [0.2, 0.25) is 0 Å². The van der Waals surface area contributed by atoms with Crippen LogP contribution >= 0.6 is 11.3 Å². The molecule has 1 aromatic heterocycles. The molecule has 2 unspecified atom stereocenters. The maximum absolute atomic E-state index is 13.2. The maximum atomic E-state index is 13.2. The van der Waals surface area contributed by atoms with Crippen molar-refractivity contribution in [3.8, 4) is 0 Å². The number of hydrogen-bond acceptors (Lipinski definition) is 6. The number of thiophene rings is 1. The number of Topliss-reactive ketones (excluding diaryl/α,β-unsaturated/α-hetero) is 2. The molecule has 176 valence electrons. The molecule has 0 saturated heterocycles. The first-order valence-corrected chi connectivity index (χ1v) is 12.1. The predicted molar refractivity (Wildman–Crippen MR) is 126 cm³/mol. The van der Waals surface area contributed by atoms with Gasteiger partial charge in [0.25, 0.3) is 5.91 Å². The Bertz CT molecular complexity index is 986. The van der Waals surface area contributed by atoms with Crippen molar-refractivity contribution in [2.45, 2.75) is 52.2 Å². The Balaban J connectivity index is 1.67. The predicted octanol–water partition coefficient (Wildman–Crippen LogP) is 3.45. The molecule has 1 aromatic carbocycles. The summed E-state index contributed by atoms with van der Waals surface area (Å²) in [4.78, 5) is 51.8. The molecule has 0 fully saturated rings. The maximum Gasteiger partial charge on any atom is 0.408 e. The van der Waals surface area contributed by atoms with Crippen molar-refractivity contribution in [2.24, 2.45) is 11.8 Å². The lowest BCUT2D eigenvalue weighted by molar-refractivity contribution is -0.141. The molecule has 33 heavy (non-hydrogen) atoms. The topological polar surface area (TPSA) is 102 Å². The van der Waals surface area contributed by atoms with Gasteiger partial charge in [0, 0.05) is 23.8 Å². The zero-order chi connectivity index (χ0) is 23.8.